The van der Waals surface area contributed by atoms with E-state index in [1.54, 1.807) is 11.3 Å². The molecule has 0 amide bonds. The number of hydrogen-bond donors (Lipinski definition) is 1. The highest BCUT2D eigenvalue weighted by Crippen LogP contribution is 2.30. The molecule has 0 bridgehead atoms. The first-order valence-corrected chi connectivity index (χ1v) is 9.66. The molecule has 1 aromatic carbocycles. The first kappa shape index (κ1) is 15.9. The van der Waals surface area contributed by atoms with Crippen molar-refractivity contribution in [3.63, 3.8) is 0 Å². The van der Waals surface area contributed by atoms with Gasteiger partial charge in [0.05, 0.1) is 29.1 Å². The lowest BCUT2D eigenvalue weighted by atomic mass is 10.1. The first-order chi connectivity index (χ1) is 11.8. The zero-order chi connectivity index (χ0) is 16.4. The first-order valence-electron chi connectivity index (χ1n) is 7.98. The van der Waals surface area contributed by atoms with Crippen molar-refractivity contribution in [2.75, 3.05) is 36.5 Å². The van der Waals surface area contributed by atoms with Gasteiger partial charge in [0.25, 0.3) is 0 Å². The molecule has 0 saturated carbocycles. The van der Waals surface area contributed by atoms with Crippen molar-refractivity contribution >= 4 is 48.9 Å². The summed E-state index contributed by atoms with van der Waals surface area (Å²) in [7, 11) is 0. The number of halogens is 1. The second kappa shape index (κ2) is 7.09. The number of nitrogens with one attached hydrogen (secondary N) is 1. The molecule has 0 aliphatic carbocycles. The quantitative estimate of drug-likeness (QED) is 0.695. The lowest BCUT2D eigenvalue weighted by molar-refractivity contribution is 0.122. The van der Waals surface area contributed by atoms with Crippen molar-refractivity contribution < 1.29 is 4.74 Å². The van der Waals surface area contributed by atoms with Crippen molar-refractivity contribution in [1.29, 1.82) is 0 Å². The summed E-state index contributed by atoms with van der Waals surface area (Å²) >= 11 is 5.33. The summed E-state index contributed by atoms with van der Waals surface area (Å²) < 4.78 is 7.80. The van der Waals surface area contributed by atoms with Crippen LogP contribution in [0.15, 0.2) is 46.4 Å². The maximum absolute atomic E-state index is 5.49. The Kier molecular flexibility index (Phi) is 4.69. The van der Waals surface area contributed by atoms with Gasteiger partial charge in [0.1, 0.15) is 0 Å². The highest BCUT2D eigenvalue weighted by molar-refractivity contribution is 9.10. The fourth-order valence-electron chi connectivity index (χ4n) is 2.99. The largest absolute Gasteiger partial charge is 0.380 e. The highest BCUT2D eigenvalue weighted by atomic mass is 79.9. The minimum atomic E-state index is 0.789. The Labute approximate surface area is 153 Å². The van der Waals surface area contributed by atoms with E-state index in [0.717, 1.165) is 48.5 Å². The number of ether oxygens (including phenoxy) is 1. The number of anilines is 2. The van der Waals surface area contributed by atoms with E-state index in [-0.39, 0.29) is 0 Å². The van der Waals surface area contributed by atoms with Gasteiger partial charge in [0.15, 0.2) is 0 Å². The molecule has 0 unspecified atom stereocenters. The molecule has 3 heterocycles. The van der Waals surface area contributed by atoms with Crippen LogP contribution in [0.25, 0.3) is 10.2 Å². The third-order valence-corrected chi connectivity index (χ3v) is 5.64. The van der Waals surface area contributed by atoms with Gasteiger partial charge in [-0.2, -0.15) is 0 Å². The van der Waals surface area contributed by atoms with Gasteiger partial charge in [0, 0.05) is 36.0 Å². The molecule has 0 atom stereocenters. The van der Waals surface area contributed by atoms with Crippen LogP contribution in [0.2, 0.25) is 0 Å². The maximum atomic E-state index is 5.49. The lowest BCUT2D eigenvalue weighted by Gasteiger charge is -2.31. The smallest absolute Gasteiger partial charge is 0.0830 e. The van der Waals surface area contributed by atoms with Crippen molar-refractivity contribution in [3.8, 4) is 0 Å². The summed E-state index contributed by atoms with van der Waals surface area (Å²) in [5.74, 6) is 0. The molecule has 2 aromatic heterocycles. The third-order valence-electron chi connectivity index (χ3n) is 4.21. The summed E-state index contributed by atoms with van der Waals surface area (Å²) in [5.41, 5.74) is 4.76. The molecule has 124 valence electrons. The highest BCUT2D eigenvalue weighted by Gasteiger charge is 2.15. The molecule has 1 saturated heterocycles. The van der Waals surface area contributed by atoms with Crippen molar-refractivity contribution in [2.24, 2.45) is 0 Å². The fraction of sp³-hybridized carbons (Fsp3) is 0.278. The summed E-state index contributed by atoms with van der Waals surface area (Å²) in [6.45, 7) is 4.25. The molecular formula is C18H18BrN3OS. The zero-order valence-corrected chi connectivity index (χ0v) is 15.6. The van der Waals surface area contributed by atoms with Gasteiger partial charge in [-0.1, -0.05) is 22.0 Å². The molecule has 0 radical (unpaired) electrons. The normalized spacial score (nSPS) is 15.0. The van der Waals surface area contributed by atoms with Crippen LogP contribution in [0.4, 0.5) is 11.4 Å². The summed E-state index contributed by atoms with van der Waals surface area (Å²) in [6, 6.07) is 10.6. The van der Waals surface area contributed by atoms with Crippen LogP contribution in [0.5, 0.6) is 0 Å². The third kappa shape index (κ3) is 3.27. The number of thiophene rings is 1. The van der Waals surface area contributed by atoms with Crippen LogP contribution < -0.4 is 10.2 Å². The number of pyridine rings is 1. The Morgan fingerprint density at radius 2 is 2.08 bits per heavy atom. The van der Waals surface area contributed by atoms with E-state index in [1.807, 2.05) is 12.3 Å². The van der Waals surface area contributed by atoms with E-state index in [4.69, 9.17) is 4.74 Å². The Hall–Kier alpha value is -1.63. The predicted octanol–water partition coefficient (Wildman–Crippen LogP) is 4.51. The standard InChI is InChI=1S/C18H18BrN3OS/c19-14-2-1-13(17(11-14)22-6-8-23-9-7-22)12-21-15-3-5-20-16-4-10-24-18(15)16/h1-5,10-11H,6-9,12H2,(H,20,21). The Morgan fingerprint density at radius 3 is 2.96 bits per heavy atom. The Morgan fingerprint density at radius 1 is 1.21 bits per heavy atom. The Balaban J connectivity index is 1.59. The molecule has 1 aliphatic rings. The maximum Gasteiger partial charge on any atom is 0.0830 e. The van der Waals surface area contributed by atoms with E-state index in [1.165, 1.54) is 16.0 Å². The molecule has 24 heavy (non-hydrogen) atoms. The van der Waals surface area contributed by atoms with E-state index < -0.39 is 0 Å². The van der Waals surface area contributed by atoms with Crippen LogP contribution in [0, 0.1) is 0 Å². The van der Waals surface area contributed by atoms with E-state index in [9.17, 15) is 0 Å². The van der Waals surface area contributed by atoms with Crippen LogP contribution in [-0.4, -0.2) is 31.3 Å². The number of rotatable bonds is 4. The monoisotopic (exact) mass is 403 g/mol. The Bertz CT molecular complexity index is 845. The van der Waals surface area contributed by atoms with Crippen molar-refractivity contribution in [1.82, 2.24) is 4.98 Å². The van der Waals surface area contributed by atoms with E-state index >= 15 is 0 Å². The van der Waals surface area contributed by atoms with Crippen molar-refractivity contribution in [3.05, 3.63) is 51.9 Å². The number of morpholine rings is 1. The van der Waals surface area contributed by atoms with Crippen LogP contribution in [0.3, 0.4) is 0 Å². The van der Waals surface area contributed by atoms with Crippen LogP contribution in [-0.2, 0) is 11.3 Å². The van der Waals surface area contributed by atoms with Gasteiger partial charge in [-0.3, -0.25) is 4.98 Å². The van der Waals surface area contributed by atoms with Gasteiger partial charge in [-0.05, 0) is 35.2 Å². The lowest BCUT2D eigenvalue weighted by Crippen LogP contribution is -2.36. The second-order valence-corrected chi connectivity index (χ2v) is 7.55. The summed E-state index contributed by atoms with van der Waals surface area (Å²) in [6.07, 6.45) is 1.86. The average Bonchev–Trinajstić information content (AvgIpc) is 3.11. The second-order valence-electron chi connectivity index (χ2n) is 5.72. The van der Waals surface area contributed by atoms with Gasteiger partial charge >= 0.3 is 0 Å². The molecule has 6 heteroatoms. The van der Waals surface area contributed by atoms with E-state index in [2.05, 4.69) is 60.8 Å². The predicted molar refractivity (Wildman–Crippen MR) is 104 cm³/mol. The molecular weight excluding hydrogens is 386 g/mol. The molecule has 1 N–H and O–H groups in total. The zero-order valence-electron chi connectivity index (χ0n) is 13.2. The van der Waals surface area contributed by atoms with Gasteiger partial charge in [-0.25, -0.2) is 0 Å². The molecule has 3 aromatic rings. The fourth-order valence-corrected chi connectivity index (χ4v) is 4.18. The number of hydrogen-bond acceptors (Lipinski definition) is 5. The minimum Gasteiger partial charge on any atom is -0.380 e. The number of benzene rings is 1. The van der Waals surface area contributed by atoms with Gasteiger partial charge < -0.3 is 15.0 Å². The topological polar surface area (TPSA) is 37.4 Å². The SMILES string of the molecule is Brc1ccc(CNc2ccnc3ccsc23)c(N2CCOCC2)c1. The number of fused-ring (bicyclic) bond motifs is 1. The molecule has 1 aliphatic heterocycles. The molecule has 4 nitrogen and oxygen atoms in total. The molecule has 0 spiro atoms. The summed E-state index contributed by atoms with van der Waals surface area (Å²) in [4.78, 5) is 6.80. The molecule has 4 rings (SSSR count). The molecule has 1 fully saturated rings. The van der Waals surface area contributed by atoms with Crippen LogP contribution >= 0.6 is 27.3 Å². The van der Waals surface area contributed by atoms with E-state index in [0.29, 0.717) is 0 Å². The number of nitrogens with zero attached hydrogens (tertiary/aromatic N) is 2. The minimum absolute atomic E-state index is 0.789. The summed E-state index contributed by atoms with van der Waals surface area (Å²) in [5, 5.41) is 5.67. The average molecular weight is 404 g/mol. The number of aromatic nitrogens is 1. The van der Waals surface area contributed by atoms with Crippen molar-refractivity contribution in [2.45, 2.75) is 6.54 Å². The van der Waals surface area contributed by atoms with Gasteiger partial charge in [0.2, 0.25) is 0 Å². The van der Waals surface area contributed by atoms with Gasteiger partial charge in [-0.15, -0.1) is 11.3 Å². The van der Waals surface area contributed by atoms with Crippen LogP contribution in [0.1, 0.15) is 5.56 Å².